The normalized spacial score (nSPS) is 25.8. The number of phenols is 8. The van der Waals surface area contributed by atoms with Crippen molar-refractivity contribution in [1.29, 1.82) is 0 Å². The molecule has 2 bridgehead atoms. The van der Waals surface area contributed by atoms with Gasteiger partial charge >= 0.3 is 29.8 Å². The Morgan fingerprint density at radius 3 is 1.46 bits per heavy atom. The van der Waals surface area contributed by atoms with Crippen LogP contribution in [0.5, 0.6) is 46.0 Å². The summed E-state index contributed by atoms with van der Waals surface area (Å²) in [7, 11) is 0. The fourth-order valence-electron chi connectivity index (χ4n) is 8.00. The summed E-state index contributed by atoms with van der Waals surface area (Å²) in [6.07, 6.45) is -2.83. The molecule has 1 aliphatic heterocycles. The molecule has 2 saturated carbocycles. The average molecular weight is 841 g/mol. The van der Waals surface area contributed by atoms with E-state index in [1.807, 2.05) is 0 Å². The molecule has 3 fully saturated rings. The number of carbonyl (C=O) groups is 5. The van der Waals surface area contributed by atoms with E-state index in [0.29, 0.717) is 0 Å². The lowest BCUT2D eigenvalue weighted by atomic mass is 9.52. The number of aromatic hydroxyl groups is 8. The van der Waals surface area contributed by atoms with Gasteiger partial charge in [0, 0.05) is 36.8 Å². The lowest BCUT2D eigenvalue weighted by Crippen LogP contribution is -2.60. The number of fused-ring (bicyclic) bond motifs is 3. The Hall–Kier alpha value is -7.89. The first-order chi connectivity index (χ1) is 28.9. The van der Waals surface area contributed by atoms with Crippen molar-refractivity contribution in [3.05, 3.63) is 107 Å². The predicted molar refractivity (Wildman–Crippen MR) is 205 cm³/mol. The predicted octanol–water partition coefficient (Wildman–Crippen LogP) is 3.78. The Balaban J connectivity index is 1.28. The molecule has 4 aromatic rings. The third-order valence-electron chi connectivity index (χ3n) is 11.0. The fraction of sp³-hybridized carbons (Fsp3) is 0.233. The van der Waals surface area contributed by atoms with Crippen molar-refractivity contribution < 1.29 is 88.9 Å². The van der Waals surface area contributed by atoms with E-state index in [-0.39, 0.29) is 22.3 Å². The molecule has 316 valence electrons. The molecule has 3 aliphatic rings. The van der Waals surface area contributed by atoms with Crippen LogP contribution >= 0.6 is 0 Å². The van der Waals surface area contributed by atoms with Crippen molar-refractivity contribution in [3.8, 4) is 46.0 Å². The molecule has 0 amide bonds. The second-order valence-corrected chi connectivity index (χ2v) is 14.7. The average Bonchev–Trinajstić information content (AvgIpc) is 3.21. The molecule has 7 rings (SSSR count). The largest absolute Gasteiger partial charge is 0.504 e. The van der Waals surface area contributed by atoms with E-state index in [2.05, 4.69) is 0 Å². The minimum atomic E-state index is -2.58. The van der Waals surface area contributed by atoms with Gasteiger partial charge in [-0.25, -0.2) is 14.4 Å². The molecule has 18 nitrogen and oxygen atoms in total. The summed E-state index contributed by atoms with van der Waals surface area (Å²) < 4.78 is 23.1. The zero-order valence-corrected chi connectivity index (χ0v) is 31.4. The highest BCUT2D eigenvalue weighted by Crippen LogP contribution is 2.61. The van der Waals surface area contributed by atoms with E-state index < -0.39 is 136 Å². The van der Waals surface area contributed by atoms with Crippen LogP contribution in [0.3, 0.4) is 0 Å². The first kappa shape index (κ1) is 41.3. The second-order valence-electron chi connectivity index (χ2n) is 14.7. The molecule has 2 aliphatic carbocycles. The standard InChI is InChI=1S/C43H36O18/c44-23-7-1-19(13-27(23)48)3-11-33(52)58-31-17-43(42(56)57)18-32(39(31)60-34(53)12-4-20-2-8-24(45)28(49)14-20)59-40(54)37-35(21-5-9-25(46)29(50)15-21)36(38(37)41(55)61-43)22-6-10-26(47)30(51)16-22/h1-16,31-32,35-39,44-51H,17-18H2,(H,56,57). The molecule has 8 unspecified atom stereocenters. The highest BCUT2D eigenvalue weighted by atomic mass is 16.6. The van der Waals surface area contributed by atoms with E-state index in [9.17, 15) is 69.9 Å². The third kappa shape index (κ3) is 8.10. The number of esters is 4. The molecular weight excluding hydrogens is 804 g/mol. The molecule has 0 aromatic heterocycles. The summed E-state index contributed by atoms with van der Waals surface area (Å²) >= 11 is 0. The Morgan fingerprint density at radius 2 is 1.00 bits per heavy atom. The topological polar surface area (TPSA) is 304 Å². The number of ether oxygens (including phenoxy) is 4. The number of benzene rings is 4. The van der Waals surface area contributed by atoms with Crippen LogP contribution in [0.15, 0.2) is 84.9 Å². The number of carbonyl (C=O) groups excluding carboxylic acids is 4. The molecule has 0 spiro atoms. The van der Waals surface area contributed by atoms with Crippen LogP contribution in [0.1, 0.15) is 46.9 Å². The van der Waals surface area contributed by atoms with Crippen molar-refractivity contribution in [2.75, 3.05) is 0 Å². The Bertz CT molecular complexity index is 2510. The zero-order chi connectivity index (χ0) is 43.9. The fourth-order valence-corrected chi connectivity index (χ4v) is 8.00. The van der Waals surface area contributed by atoms with Gasteiger partial charge in [-0.1, -0.05) is 24.3 Å². The van der Waals surface area contributed by atoms with Crippen molar-refractivity contribution in [2.45, 2.75) is 48.6 Å². The van der Waals surface area contributed by atoms with Crippen LogP contribution < -0.4 is 0 Å². The lowest BCUT2D eigenvalue weighted by molar-refractivity contribution is -0.218. The maximum absolute atomic E-state index is 14.4. The van der Waals surface area contributed by atoms with Gasteiger partial charge in [0.05, 0.1) is 11.8 Å². The Kier molecular flexibility index (Phi) is 10.9. The number of phenolic OH excluding ortho intramolecular Hbond substituents is 8. The summed E-state index contributed by atoms with van der Waals surface area (Å²) in [6.45, 7) is 0. The minimum absolute atomic E-state index is 0.187. The van der Waals surface area contributed by atoms with Gasteiger partial charge in [-0.15, -0.1) is 0 Å². The van der Waals surface area contributed by atoms with E-state index in [0.717, 1.165) is 60.7 Å². The molecule has 1 saturated heterocycles. The van der Waals surface area contributed by atoms with Gasteiger partial charge < -0.3 is 64.9 Å². The number of aliphatic carboxylic acids is 1. The number of carboxylic acid groups (broad SMARTS) is 1. The molecule has 61 heavy (non-hydrogen) atoms. The lowest BCUT2D eigenvalue weighted by Gasteiger charge is -2.49. The minimum Gasteiger partial charge on any atom is -0.504 e. The summed E-state index contributed by atoms with van der Waals surface area (Å²) in [5.74, 6) is -15.6. The first-order valence-electron chi connectivity index (χ1n) is 18.5. The Labute approximate surface area is 344 Å². The van der Waals surface area contributed by atoms with Crippen molar-refractivity contribution in [3.63, 3.8) is 0 Å². The smallest absolute Gasteiger partial charge is 0.348 e. The highest BCUT2D eigenvalue weighted by Gasteiger charge is 2.65. The second kappa shape index (κ2) is 16.0. The molecule has 8 atom stereocenters. The monoisotopic (exact) mass is 840 g/mol. The van der Waals surface area contributed by atoms with Crippen LogP contribution in [0.4, 0.5) is 0 Å². The van der Waals surface area contributed by atoms with Crippen LogP contribution in [-0.2, 0) is 42.9 Å². The van der Waals surface area contributed by atoms with E-state index in [4.69, 9.17) is 18.9 Å². The van der Waals surface area contributed by atoms with E-state index in [1.165, 1.54) is 36.4 Å². The van der Waals surface area contributed by atoms with Crippen LogP contribution in [0, 0.1) is 11.8 Å². The summed E-state index contributed by atoms with van der Waals surface area (Å²) in [6, 6.07) is 14.5. The summed E-state index contributed by atoms with van der Waals surface area (Å²) in [5.41, 5.74) is -1.75. The van der Waals surface area contributed by atoms with Crippen molar-refractivity contribution in [2.24, 2.45) is 11.8 Å². The maximum Gasteiger partial charge on any atom is 0.348 e. The third-order valence-corrected chi connectivity index (χ3v) is 11.0. The van der Waals surface area contributed by atoms with E-state index in [1.54, 1.807) is 0 Å². The zero-order valence-electron chi connectivity index (χ0n) is 31.4. The number of hydrogen-bond donors (Lipinski definition) is 9. The number of hydrogen-bond acceptors (Lipinski definition) is 17. The first-order valence-corrected chi connectivity index (χ1v) is 18.5. The van der Waals surface area contributed by atoms with Gasteiger partial charge in [0.15, 0.2) is 52.1 Å². The van der Waals surface area contributed by atoms with Gasteiger partial charge in [0.25, 0.3) is 0 Å². The molecule has 18 heteroatoms. The van der Waals surface area contributed by atoms with Gasteiger partial charge in [-0.05, 0) is 82.9 Å². The summed E-state index contributed by atoms with van der Waals surface area (Å²) in [5, 5.41) is 90.7. The van der Waals surface area contributed by atoms with Crippen LogP contribution in [0.2, 0.25) is 0 Å². The van der Waals surface area contributed by atoms with Crippen LogP contribution in [0.25, 0.3) is 12.2 Å². The van der Waals surface area contributed by atoms with Crippen molar-refractivity contribution in [1.82, 2.24) is 0 Å². The van der Waals surface area contributed by atoms with Crippen molar-refractivity contribution >= 4 is 42.0 Å². The Morgan fingerprint density at radius 1 is 0.557 bits per heavy atom. The van der Waals surface area contributed by atoms with Gasteiger partial charge in [-0.3, -0.25) is 9.59 Å². The number of carboxylic acids is 1. The van der Waals surface area contributed by atoms with Gasteiger partial charge in [-0.2, -0.15) is 0 Å². The maximum atomic E-state index is 14.4. The molecule has 9 N–H and O–H groups in total. The summed E-state index contributed by atoms with van der Waals surface area (Å²) in [4.78, 5) is 68.8. The van der Waals surface area contributed by atoms with Gasteiger partial charge in [0.1, 0.15) is 12.2 Å². The van der Waals surface area contributed by atoms with Gasteiger partial charge in [0.2, 0.25) is 5.60 Å². The highest BCUT2D eigenvalue weighted by molar-refractivity contribution is 5.92. The SMILES string of the molecule is O=C(C=Cc1ccc(O)c(O)c1)OC1CC2(C(=O)O)CC(OC(=O)C3C(C(=O)O2)C(c2ccc(O)c(O)c2)C3c2ccc(O)c(O)c2)C1OC(=O)C=Cc1ccc(O)c(O)c1. The number of rotatable bonds is 9. The molecule has 0 radical (unpaired) electrons. The molecule has 1 heterocycles. The van der Waals surface area contributed by atoms with E-state index >= 15 is 0 Å². The molecular formula is C43H36O18. The quantitative estimate of drug-likeness (QED) is 0.0501. The van der Waals surface area contributed by atoms with Crippen LogP contribution in [-0.4, -0.2) is 99.7 Å². The molecule has 4 aromatic carbocycles.